The van der Waals surface area contributed by atoms with Crippen LogP contribution in [0.2, 0.25) is 0 Å². The number of ether oxygens (including phenoxy) is 11. The maximum Gasteiger partial charge on any atom is 0.187 e. The molecule has 0 amide bonds. The number of methoxy groups -OCH3 is 1. The van der Waals surface area contributed by atoms with E-state index in [1.807, 2.05) is 212 Å². The van der Waals surface area contributed by atoms with E-state index in [1.54, 1.807) is 7.11 Å². The fourth-order valence-electron chi connectivity index (χ4n) is 9.14. The van der Waals surface area contributed by atoms with Crippen LogP contribution in [0.4, 0.5) is 0 Å². The number of hydrogen-bond acceptors (Lipinski definition) is 11. The first kappa shape index (κ1) is 52.0. The van der Waals surface area contributed by atoms with Gasteiger partial charge in [-0.15, -0.1) is 0 Å². The lowest BCUT2D eigenvalue weighted by Gasteiger charge is -2.48. The molecule has 7 aromatic carbocycles. The summed E-state index contributed by atoms with van der Waals surface area (Å²) in [5.74, 6) is 0. The van der Waals surface area contributed by atoms with Gasteiger partial charge < -0.3 is 52.1 Å². The lowest BCUT2D eigenvalue weighted by atomic mass is 9.96. The molecule has 0 unspecified atom stereocenters. The van der Waals surface area contributed by atoms with Gasteiger partial charge in [0.2, 0.25) is 0 Å². The van der Waals surface area contributed by atoms with E-state index in [9.17, 15) is 0 Å². The Balaban J connectivity index is 1.05. The number of rotatable bonds is 26. The average molecular weight is 987 g/mol. The monoisotopic (exact) mass is 986 g/mol. The van der Waals surface area contributed by atoms with E-state index in [-0.39, 0.29) is 33.0 Å². The minimum atomic E-state index is -0.999. The van der Waals surface area contributed by atoms with Crippen molar-refractivity contribution in [3.05, 3.63) is 251 Å². The highest BCUT2D eigenvalue weighted by molar-refractivity contribution is 5.19. The molecule has 2 fully saturated rings. The molecule has 0 aromatic heterocycles. The van der Waals surface area contributed by atoms with Crippen LogP contribution in [0.1, 0.15) is 38.9 Å². The quantitative estimate of drug-likeness (QED) is 0.0518. The summed E-state index contributed by atoms with van der Waals surface area (Å²) >= 11 is 0. The van der Waals surface area contributed by atoms with E-state index in [0.717, 1.165) is 38.9 Å². The van der Waals surface area contributed by atoms with Gasteiger partial charge in [-0.2, -0.15) is 0 Å². The van der Waals surface area contributed by atoms with Crippen LogP contribution in [0, 0.1) is 0 Å². The maximum absolute atomic E-state index is 7.10. The molecule has 0 radical (unpaired) electrons. The third kappa shape index (κ3) is 15.3. The van der Waals surface area contributed by atoms with Gasteiger partial charge in [-0.1, -0.05) is 212 Å². The second-order valence-electron chi connectivity index (χ2n) is 18.2. The summed E-state index contributed by atoms with van der Waals surface area (Å²) in [7, 11) is 1.61. The van der Waals surface area contributed by atoms with Crippen LogP contribution in [0.3, 0.4) is 0 Å². The molecular formula is C62H66O11. The normalized spacial score (nSPS) is 24.0. The Bertz CT molecular complexity index is 2560. The fourth-order valence-corrected chi connectivity index (χ4v) is 9.14. The fraction of sp³-hybridized carbons (Fsp3) is 0.323. The summed E-state index contributed by atoms with van der Waals surface area (Å²) in [5.41, 5.74) is 7.00. The van der Waals surface area contributed by atoms with Crippen molar-refractivity contribution >= 4 is 0 Å². The molecule has 0 aliphatic carbocycles. The van der Waals surface area contributed by atoms with E-state index < -0.39 is 61.4 Å². The molecule has 2 aliphatic heterocycles. The molecule has 73 heavy (non-hydrogen) atoms. The smallest absolute Gasteiger partial charge is 0.187 e. The van der Waals surface area contributed by atoms with Gasteiger partial charge >= 0.3 is 0 Å². The highest BCUT2D eigenvalue weighted by atomic mass is 16.7. The molecule has 7 aromatic rings. The highest BCUT2D eigenvalue weighted by Crippen LogP contribution is 2.35. The van der Waals surface area contributed by atoms with Gasteiger partial charge in [0.1, 0.15) is 48.8 Å². The minimum Gasteiger partial charge on any atom is -0.374 e. The van der Waals surface area contributed by atoms with Crippen molar-refractivity contribution in [3.63, 3.8) is 0 Å². The van der Waals surface area contributed by atoms with E-state index in [2.05, 4.69) is 0 Å². The molecule has 0 N–H and O–H groups in total. The first-order valence-electron chi connectivity index (χ1n) is 25.2. The Hall–Kier alpha value is -5.90. The zero-order valence-electron chi connectivity index (χ0n) is 41.3. The number of hydrogen-bond donors (Lipinski definition) is 0. The Morgan fingerprint density at radius 2 is 0.534 bits per heavy atom. The molecule has 0 bridgehead atoms. The summed E-state index contributed by atoms with van der Waals surface area (Å²) < 4.78 is 75.2. The number of benzene rings is 7. The zero-order valence-corrected chi connectivity index (χ0v) is 41.3. The third-order valence-corrected chi connectivity index (χ3v) is 12.9. The molecule has 2 aliphatic rings. The third-order valence-electron chi connectivity index (χ3n) is 12.9. The lowest BCUT2D eigenvalue weighted by Crippen LogP contribution is -2.64. The molecule has 380 valence electrons. The van der Waals surface area contributed by atoms with Crippen LogP contribution in [-0.2, 0) is 98.4 Å². The first-order chi connectivity index (χ1) is 36.2. The molecule has 11 nitrogen and oxygen atoms in total. The molecule has 10 atom stereocenters. The van der Waals surface area contributed by atoms with Gasteiger partial charge in [0.05, 0.1) is 59.5 Å². The highest BCUT2D eigenvalue weighted by Gasteiger charge is 2.52. The standard InChI is InChI=1S/C62H66O11/c1-63-61-59(69-42-51-33-19-7-20-34-51)57(67-40-49-29-15-5-16-30-49)56(66-39-48-27-13-4-14-28-48)54(72-61)45-71-62-60(70-43-52-35-21-8-22-36-52)58(68-41-50-31-17-6-18-32-50)55(65-38-47-25-11-3-12-26-47)53(73-62)44-64-37-46-23-9-2-10-24-46/h2-36,53-62H,37-45H2,1H3/t53-,54-,55-,56-,57+,58+,59-,60-,61-,62+/m1/s1. The molecule has 0 saturated carbocycles. The van der Waals surface area contributed by atoms with Crippen LogP contribution in [0.25, 0.3) is 0 Å². The molecule has 2 heterocycles. The summed E-state index contributed by atoms with van der Waals surface area (Å²) in [6.45, 7) is 2.25. The predicted octanol–water partition coefficient (Wildman–Crippen LogP) is 10.8. The van der Waals surface area contributed by atoms with Crippen molar-refractivity contribution in [2.75, 3.05) is 20.3 Å². The Morgan fingerprint density at radius 3 is 0.863 bits per heavy atom. The van der Waals surface area contributed by atoms with Gasteiger partial charge in [0.15, 0.2) is 12.6 Å². The van der Waals surface area contributed by atoms with Gasteiger partial charge in [-0.05, 0) is 38.9 Å². The predicted molar refractivity (Wildman–Crippen MR) is 276 cm³/mol. The van der Waals surface area contributed by atoms with Crippen LogP contribution >= 0.6 is 0 Å². The van der Waals surface area contributed by atoms with E-state index in [1.165, 1.54) is 0 Å². The van der Waals surface area contributed by atoms with Crippen LogP contribution in [0.5, 0.6) is 0 Å². The Labute approximate surface area is 429 Å². The summed E-state index contributed by atoms with van der Waals surface area (Å²) in [5, 5.41) is 0. The zero-order chi connectivity index (χ0) is 49.7. The molecule has 2 saturated heterocycles. The van der Waals surface area contributed by atoms with E-state index in [0.29, 0.717) is 26.4 Å². The first-order valence-corrected chi connectivity index (χ1v) is 25.2. The largest absolute Gasteiger partial charge is 0.374 e. The van der Waals surface area contributed by atoms with Crippen molar-refractivity contribution in [3.8, 4) is 0 Å². The van der Waals surface area contributed by atoms with Crippen molar-refractivity contribution in [2.45, 2.75) is 108 Å². The summed E-state index contributed by atoms with van der Waals surface area (Å²) in [4.78, 5) is 0. The Morgan fingerprint density at radius 1 is 0.274 bits per heavy atom. The van der Waals surface area contributed by atoms with Crippen molar-refractivity contribution in [1.29, 1.82) is 0 Å². The van der Waals surface area contributed by atoms with E-state index in [4.69, 9.17) is 52.1 Å². The minimum absolute atomic E-state index is 0.00960. The Kier molecular flexibility index (Phi) is 19.9. The topological polar surface area (TPSA) is 102 Å². The van der Waals surface area contributed by atoms with Gasteiger partial charge in [0, 0.05) is 7.11 Å². The van der Waals surface area contributed by atoms with Crippen LogP contribution < -0.4 is 0 Å². The van der Waals surface area contributed by atoms with E-state index >= 15 is 0 Å². The van der Waals surface area contributed by atoms with Crippen LogP contribution in [-0.4, -0.2) is 81.7 Å². The molecule has 11 heteroatoms. The SMILES string of the molecule is CO[C@@H]1O[C@H](CO[C@H]2O[C@H](COCc3ccccc3)[C@@H](OCc3ccccc3)[C@H](OCc3ccccc3)[C@H]2OCc2ccccc2)[C@@H](OCc2ccccc2)[C@H](OCc2ccccc2)[C@H]1OCc1ccccc1. The summed E-state index contributed by atoms with van der Waals surface area (Å²) in [6, 6.07) is 70.4. The van der Waals surface area contributed by atoms with Crippen LogP contribution in [0.15, 0.2) is 212 Å². The van der Waals surface area contributed by atoms with Gasteiger partial charge in [-0.3, -0.25) is 0 Å². The molecular weight excluding hydrogens is 921 g/mol. The second kappa shape index (κ2) is 28.0. The summed E-state index contributed by atoms with van der Waals surface area (Å²) in [6.07, 6.45) is -7.47. The molecule has 0 spiro atoms. The lowest BCUT2D eigenvalue weighted by molar-refractivity contribution is -0.351. The second-order valence-corrected chi connectivity index (χ2v) is 18.2. The van der Waals surface area contributed by atoms with Crippen molar-refractivity contribution < 1.29 is 52.1 Å². The molecule has 9 rings (SSSR count). The van der Waals surface area contributed by atoms with Gasteiger partial charge in [-0.25, -0.2) is 0 Å². The maximum atomic E-state index is 7.10. The van der Waals surface area contributed by atoms with Gasteiger partial charge in [0.25, 0.3) is 0 Å². The van der Waals surface area contributed by atoms with Crippen molar-refractivity contribution in [2.24, 2.45) is 0 Å². The average Bonchev–Trinajstić information content (AvgIpc) is 3.45. The van der Waals surface area contributed by atoms with Crippen molar-refractivity contribution in [1.82, 2.24) is 0 Å².